The Morgan fingerprint density at radius 1 is 1.25 bits per heavy atom. The molecular formula is C12H12N2O6. The molecule has 0 aliphatic rings. The Balaban J connectivity index is 3.14. The lowest BCUT2D eigenvalue weighted by Crippen LogP contribution is -2.16. The smallest absolute Gasteiger partial charge is 0.354 e. The van der Waals surface area contributed by atoms with Crippen LogP contribution in [0.15, 0.2) is 36.0 Å². The van der Waals surface area contributed by atoms with Crippen molar-refractivity contribution in [1.29, 1.82) is 0 Å². The molecule has 0 unspecified atom stereocenters. The molecule has 0 amide bonds. The minimum Gasteiger partial charge on any atom is -0.466 e. The van der Waals surface area contributed by atoms with E-state index in [-0.39, 0.29) is 17.1 Å². The van der Waals surface area contributed by atoms with E-state index >= 15 is 0 Å². The minimum atomic E-state index is -0.853. The summed E-state index contributed by atoms with van der Waals surface area (Å²) >= 11 is 0. The molecule has 0 aromatic heterocycles. The van der Waals surface area contributed by atoms with E-state index in [0.717, 1.165) is 20.3 Å². The van der Waals surface area contributed by atoms with Crippen LogP contribution in [0, 0.1) is 10.1 Å². The summed E-state index contributed by atoms with van der Waals surface area (Å²) in [5.74, 6) is -1.65. The zero-order chi connectivity index (χ0) is 15.1. The molecule has 0 aliphatic carbocycles. The Bertz CT molecular complexity index is 567. The summed E-state index contributed by atoms with van der Waals surface area (Å²) in [6.07, 6.45) is 0.850. The Labute approximate surface area is 114 Å². The van der Waals surface area contributed by atoms with Crippen LogP contribution in [0.1, 0.15) is 0 Å². The second-order valence-electron chi connectivity index (χ2n) is 3.47. The molecule has 0 spiro atoms. The zero-order valence-electron chi connectivity index (χ0n) is 10.8. The highest BCUT2D eigenvalue weighted by Gasteiger charge is 2.18. The Morgan fingerprint density at radius 3 is 2.45 bits per heavy atom. The van der Waals surface area contributed by atoms with E-state index in [9.17, 15) is 19.7 Å². The van der Waals surface area contributed by atoms with Gasteiger partial charge in [-0.05, 0) is 6.07 Å². The molecule has 8 nitrogen and oxygen atoms in total. The molecule has 1 aromatic carbocycles. The number of hydrogen-bond donors (Lipinski definition) is 1. The first-order chi connectivity index (χ1) is 9.49. The number of ether oxygens (including phenoxy) is 2. The molecule has 0 radical (unpaired) electrons. The fourth-order valence-electron chi connectivity index (χ4n) is 1.32. The molecular weight excluding hydrogens is 268 g/mol. The first-order valence-electron chi connectivity index (χ1n) is 5.38. The van der Waals surface area contributed by atoms with Gasteiger partial charge in [0.1, 0.15) is 11.4 Å². The molecule has 1 N–H and O–H groups in total. The van der Waals surface area contributed by atoms with Crippen molar-refractivity contribution < 1.29 is 24.0 Å². The van der Waals surface area contributed by atoms with Gasteiger partial charge in [0.25, 0.3) is 5.69 Å². The average molecular weight is 280 g/mol. The Hall–Kier alpha value is -2.90. The topological polar surface area (TPSA) is 108 Å². The number of carbonyl (C=O) groups excluding carboxylic acids is 2. The third-order valence-electron chi connectivity index (χ3n) is 2.24. The number of benzene rings is 1. The van der Waals surface area contributed by atoms with Crippen molar-refractivity contribution in [3.05, 3.63) is 46.2 Å². The van der Waals surface area contributed by atoms with Crippen molar-refractivity contribution in [2.75, 3.05) is 19.5 Å². The van der Waals surface area contributed by atoms with Gasteiger partial charge in [0, 0.05) is 6.07 Å². The number of rotatable bonds is 5. The van der Waals surface area contributed by atoms with E-state index in [1.54, 1.807) is 6.07 Å². The lowest BCUT2D eigenvalue weighted by Gasteiger charge is -2.09. The molecule has 0 fully saturated rings. The number of carbonyl (C=O) groups is 2. The maximum absolute atomic E-state index is 11.5. The maximum atomic E-state index is 11.5. The van der Waals surface area contributed by atoms with Crippen molar-refractivity contribution >= 4 is 23.3 Å². The molecule has 0 aliphatic heterocycles. The second-order valence-corrected chi connectivity index (χ2v) is 3.47. The fourth-order valence-corrected chi connectivity index (χ4v) is 1.32. The van der Waals surface area contributed by atoms with Crippen molar-refractivity contribution in [3.8, 4) is 0 Å². The number of nitrogens with one attached hydrogen (secondary N) is 1. The van der Waals surface area contributed by atoms with Crippen LogP contribution in [-0.4, -0.2) is 31.1 Å². The van der Waals surface area contributed by atoms with E-state index in [4.69, 9.17) is 0 Å². The van der Waals surface area contributed by atoms with E-state index in [0.29, 0.717) is 0 Å². The lowest BCUT2D eigenvalue weighted by molar-refractivity contribution is -0.383. The minimum absolute atomic E-state index is 0.0538. The SMILES string of the molecule is COC(=O)/C=C(/Nc1ccccc1[N+](=O)[O-])C(=O)OC. The maximum Gasteiger partial charge on any atom is 0.354 e. The molecule has 0 saturated heterocycles. The molecule has 1 aromatic rings. The molecule has 1 rings (SSSR count). The molecule has 20 heavy (non-hydrogen) atoms. The molecule has 8 heteroatoms. The monoisotopic (exact) mass is 280 g/mol. The van der Waals surface area contributed by atoms with Gasteiger partial charge in [-0.3, -0.25) is 10.1 Å². The van der Waals surface area contributed by atoms with E-state index < -0.39 is 16.9 Å². The van der Waals surface area contributed by atoms with Crippen LogP contribution in [0.2, 0.25) is 0 Å². The predicted octanol–water partition coefficient (Wildman–Crippen LogP) is 1.24. The number of nitrogens with zero attached hydrogens (tertiary/aromatic N) is 1. The van der Waals surface area contributed by atoms with Gasteiger partial charge in [-0.2, -0.15) is 0 Å². The molecule has 0 atom stereocenters. The van der Waals surface area contributed by atoms with Crippen LogP contribution in [0.4, 0.5) is 11.4 Å². The van der Waals surface area contributed by atoms with Gasteiger partial charge in [-0.1, -0.05) is 12.1 Å². The van der Waals surface area contributed by atoms with E-state index in [2.05, 4.69) is 14.8 Å². The number of esters is 2. The van der Waals surface area contributed by atoms with Crippen LogP contribution in [0.5, 0.6) is 0 Å². The van der Waals surface area contributed by atoms with Crippen molar-refractivity contribution in [2.45, 2.75) is 0 Å². The second kappa shape index (κ2) is 6.88. The van der Waals surface area contributed by atoms with E-state index in [1.807, 2.05) is 0 Å². The Kier molecular flexibility index (Phi) is 5.21. The summed E-state index contributed by atoms with van der Waals surface area (Å²) in [6.45, 7) is 0. The molecule has 0 bridgehead atoms. The molecule has 106 valence electrons. The quantitative estimate of drug-likeness (QED) is 0.374. The summed E-state index contributed by atoms with van der Waals surface area (Å²) < 4.78 is 8.88. The number of hydrogen-bond acceptors (Lipinski definition) is 7. The van der Waals surface area contributed by atoms with Gasteiger partial charge in [-0.15, -0.1) is 0 Å². The highest BCUT2D eigenvalue weighted by Crippen LogP contribution is 2.24. The summed E-state index contributed by atoms with van der Waals surface area (Å²) in [5.41, 5.74) is -0.459. The summed E-state index contributed by atoms with van der Waals surface area (Å²) in [4.78, 5) is 32.9. The first-order valence-corrected chi connectivity index (χ1v) is 5.38. The highest BCUT2D eigenvalue weighted by atomic mass is 16.6. The van der Waals surface area contributed by atoms with Crippen molar-refractivity contribution in [2.24, 2.45) is 0 Å². The number of nitro groups is 1. The third-order valence-corrected chi connectivity index (χ3v) is 2.24. The van der Waals surface area contributed by atoms with Gasteiger partial charge < -0.3 is 14.8 Å². The zero-order valence-corrected chi connectivity index (χ0v) is 10.8. The van der Waals surface area contributed by atoms with Crippen LogP contribution in [-0.2, 0) is 19.1 Å². The number of methoxy groups -OCH3 is 2. The van der Waals surface area contributed by atoms with Gasteiger partial charge >= 0.3 is 11.9 Å². The van der Waals surface area contributed by atoms with Crippen molar-refractivity contribution in [1.82, 2.24) is 0 Å². The van der Waals surface area contributed by atoms with Crippen LogP contribution >= 0.6 is 0 Å². The van der Waals surface area contributed by atoms with Crippen LogP contribution < -0.4 is 5.32 Å². The van der Waals surface area contributed by atoms with E-state index in [1.165, 1.54) is 18.2 Å². The largest absolute Gasteiger partial charge is 0.466 e. The Morgan fingerprint density at radius 2 is 1.90 bits per heavy atom. The van der Waals surface area contributed by atoms with Crippen LogP contribution in [0.3, 0.4) is 0 Å². The van der Waals surface area contributed by atoms with Gasteiger partial charge in [-0.25, -0.2) is 9.59 Å². The third kappa shape index (κ3) is 3.80. The predicted molar refractivity (Wildman–Crippen MR) is 68.8 cm³/mol. The van der Waals surface area contributed by atoms with Crippen LogP contribution in [0.25, 0.3) is 0 Å². The lowest BCUT2D eigenvalue weighted by atomic mass is 10.2. The van der Waals surface area contributed by atoms with Gasteiger partial charge in [0.05, 0.1) is 25.2 Å². The highest BCUT2D eigenvalue weighted by molar-refractivity contribution is 5.99. The fraction of sp³-hybridized carbons (Fsp3) is 0.167. The van der Waals surface area contributed by atoms with Gasteiger partial charge in [0.2, 0.25) is 0 Å². The normalized spacial score (nSPS) is 10.6. The summed E-state index contributed by atoms with van der Waals surface area (Å²) in [5, 5.41) is 13.3. The summed E-state index contributed by atoms with van der Waals surface area (Å²) in [7, 11) is 2.26. The molecule has 0 saturated carbocycles. The number of anilines is 1. The number of nitro benzene ring substituents is 1. The van der Waals surface area contributed by atoms with Gasteiger partial charge in [0.15, 0.2) is 0 Å². The molecule has 0 heterocycles. The standard InChI is InChI=1S/C12H12N2O6/c1-19-11(15)7-9(12(16)20-2)13-8-5-3-4-6-10(8)14(17)18/h3-7,13H,1-2H3/b9-7+. The summed E-state index contributed by atoms with van der Waals surface area (Å²) in [6, 6.07) is 5.68. The first kappa shape index (κ1) is 15.2. The average Bonchev–Trinajstić information content (AvgIpc) is 2.45. The van der Waals surface area contributed by atoms with Crippen molar-refractivity contribution in [3.63, 3.8) is 0 Å². The number of para-hydroxylation sites is 2.